The SMILES string of the molecule is CCNC(=NCc1cc(C(CC)CC)no1)NCCNC(=O)OC(C)(C)C. The van der Waals surface area contributed by atoms with Gasteiger partial charge in [-0.3, -0.25) is 0 Å². The van der Waals surface area contributed by atoms with E-state index in [-0.39, 0.29) is 0 Å². The van der Waals surface area contributed by atoms with Crippen molar-refractivity contribution in [3.05, 3.63) is 17.5 Å². The van der Waals surface area contributed by atoms with E-state index in [4.69, 9.17) is 9.26 Å². The van der Waals surface area contributed by atoms with Crippen LogP contribution < -0.4 is 16.0 Å². The first kappa shape index (κ1) is 22.8. The van der Waals surface area contributed by atoms with E-state index in [0.29, 0.717) is 31.5 Å². The summed E-state index contributed by atoms with van der Waals surface area (Å²) in [5, 5.41) is 13.2. The van der Waals surface area contributed by atoms with Crippen molar-refractivity contribution in [2.24, 2.45) is 4.99 Å². The maximum Gasteiger partial charge on any atom is 0.407 e. The quantitative estimate of drug-likeness (QED) is 0.345. The van der Waals surface area contributed by atoms with Crippen LogP contribution in [0.15, 0.2) is 15.6 Å². The lowest BCUT2D eigenvalue weighted by Gasteiger charge is -2.19. The summed E-state index contributed by atoms with van der Waals surface area (Å²) in [6.45, 7) is 13.9. The highest BCUT2D eigenvalue weighted by Crippen LogP contribution is 2.22. The van der Waals surface area contributed by atoms with Crippen LogP contribution in [0.5, 0.6) is 0 Å². The molecule has 0 bridgehead atoms. The summed E-state index contributed by atoms with van der Waals surface area (Å²) in [7, 11) is 0. The van der Waals surface area contributed by atoms with Crippen LogP contribution in [-0.2, 0) is 11.3 Å². The normalized spacial score (nSPS) is 12.2. The fraction of sp³-hybridized carbons (Fsp3) is 0.737. The molecule has 154 valence electrons. The molecule has 1 amide bonds. The van der Waals surface area contributed by atoms with Crippen LogP contribution >= 0.6 is 0 Å². The second-order valence-electron chi connectivity index (χ2n) is 7.28. The van der Waals surface area contributed by atoms with Gasteiger partial charge < -0.3 is 25.2 Å². The monoisotopic (exact) mass is 381 g/mol. The first-order chi connectivity index (χ1) is 12.8. The highest BCUT2D eigenvalue weighted by Gasteiger charge is 2.15. The number of amides is 1. The molecule has 0 radical (unpaired) electrons. The number of guanidine groups is 1. The molecule has 1 heterocycles. The number of nitrogens with one attached hydrogen (secondary N) is 3. The lowest BCUT2D eigenvalue weighted by Crippen LogP contribution is -2.42. The second kappa shape index (κ2) is 11.5. The number of carbonyl (C=O) groups excluding carboxylic acids is 1. The van der Waals surface area contributed by atoms with Crippen molar-refractivity contribution in [3.63, 3.8) is 0 Å². The number of nitrogens with zero attached hydrogens (tertiary/aromatic N) is 2. The second-order valence-corrected chi connectivity index (χ2v) is 7.28. The topological polar surface area (TPSA) is 101 Å². The molecule has 0 spiro atoms. The molecular weight excluding hydrogens is 346 g/mol. The predicted molar refractivity (Wildman–Crippen MR) is 107 cm³/mol. The summed E-state index contributed by atoms with van der Waals surface area (Å²) in [6.07, 6.45) is 1.66. The molecule has 0 atom stereocenters. The average molecular weight is 382 g/mol. The highest BCUT2D eigenvalue weighted by atomic mass is 16.6. The van der Waals surface area contributed by atoms with Crippen molar-refractivity contribution in [3.8, 4) is 0 Å². The van der Waals surface area contributed by atoms with Gasteiger partial charge in [-0.05, 0) is 40.5 Å². The minimum atomic E-state index is -0.502. The van der Waals surface area contributed by atoms with Gasteiger partial charge in [0.25, 0.3) is 0 Å². The molecular formula is C19H35N5O3. The first-order valence-corrected chi connectivity index (χ1v) is 9.73. The first-order valence-electron chi connectivity index (χ1n) is 9.73. The Balaban J connectivity index is 2.47. The largest absolute Gasteiger partial charge is 0.444 e. The zero-order chi connectivity index (χ0) is 20.3. The Hall–Kier alpha value is -2.25. The van der Waals surface area contributed by atoms with E-state index >= 15 is 0 Å². The lowest BCUT2D eigenvalue weighted by molar-refractivity contribution is 0.0529. The standard InChI is InChI=1S/C19H35N5O3/c1-7-14(8-2)16-12-15(27-24-16)13-23-17(20-9-3)21-10-11-22-18(25)26-19(4,5)6/h12,14H,7-11,13H2,1-6H3,(H,22,25)(H2,20,21,23). The van der Waals surface area contributed by atoms with Gasteiger partial charge in [-0.1, -0.05) is 19.0 Å². The molecule has 0 aromatic carbocycles. The predicted octanol–water partition coefficient (Wildman–Crippen LogP) is 3.16. The molecule has 0 unspecified atom stereocenters. The molecule has 8 nitrogen and oxygen atoms in total. The van der Waals surface area contributed by atoms with E-state index in [0.717, 1.165) is 30.8 Å². The third-order valence-electron chi connectivity index (χ3n) is 3.80. The van der Waals surface area contributed by atoms with E-state index in [2.05, 4.69) is 39.9 Å². The summed E-state index contributed by atoms with van der Waals surface area (Å²) >= 11 is 0. The van der Waals surface area contributed by atoms with Crippen molar-refractivity contribution in [2.45, 2.75) is 72.4 Å². The number of aromatic nitrogens is 1. The summed E-state index contributed by atoms with van der Waals surface area (Å²) in [4.78, 5) is 16.1. The van der Waals surface area contributed by atoms with Crippen LogP contribution in [0.3, 0.4) is 0 Å². The maximum atomic E-state index is 11.6. The fourth-order valence-electron chi connectivity index (χ4n) is 2.46. The van der Waals surface area contributed by atoms with Crippen molar-refractivity contribution in [2.75, 3.05) is 19.6 Å². The average Bonchev–Trinajstić information content (AvgIpc) is 3.04. The van der Waals surface area contributed by atoms with Gasteiger partial charge in [-0.25, -0.2) is 9.79 Å². The van der Waals surface area contributed by atoms with E-state index in [9.17, 15) is 4.79 Å². The Bertz CT molecular complexity index is 588. The fourth-order valence-corrected chi connectivity index (χ4v) is 2.46. The molecule has 8 heteroatoms. The van der Waals surface area contributed by atoms with Gasteiger partial charge in [0.15, 0.2) is 11.7 Å². The third-order valence-corrected chi connectivity index (χ3v) is 3.80. The van der Waals surface area contributed by atoms with Gasteiger partial charge in [0, 0.05) is 31.6 Å². The molecule has 3 N–H and O–H groups in total. The van der Waals surface area contributed by atoms with Crippen LogP contribution in [0, 0.1) is 0 Å². The number of aliphatic imine (C=N–C) groups is 1. The van der Waals surface area contributed by atoms with Crippen LogP contribution in [0.25, 0.3) is 0 Å². The zero-order valence-electron chi connectivity index (χ0n) is 17.5. The maximum absolute atomic E-state index is 11.6. The van der Waals surface area contributed by atoms with Gasteiger partial charge in [-0.2, -0.15) is 0 Å². The Labute approximate surface area is 162 Å². The number of hydrogen-bond acceptors (Lipinski definition) is 5. The molecule has 0 saturated carbocycles. The molecule has 27 heavy (non-hydrogen) atoms. The highest BCUT2D eigenvalue weighted by molar-refractivity contribution is 5.79. The van der Waals surface area contributed by atoms with Gasteiger partial charge >= 0.3 is 6.09 Å². The van der Waals surface area contributed by atoms with Gasteiger partial charge in [-0.15, -0.1) is 0 Å². The van der Waals surface area contributed by atoms with Gasteiger partial charge in [0.1, 0.15) is 12.1 Å². The Morgan fingerprint density at radius 3 is 2.44 bits per heavy atom. The summed E-state index contributed by atoms with van der Waals surface area (Å²) < 4.78 is 10.6. The van der Waals surface area contributed by atoms with Crippen LogP contribution in [0.2, 0.25) is 0 Å². The summed E-state index contributed by atoms with van der Waals surface area (Å²) in [6, 6.07) is 1.98. The molecule has 0 fully saturated rings. The number of hydrogen-bond donors (Lipinski definition) is 3. The summed E-state index contributed by atoms with van der Waals surface area (Å²) in [5.74, 6) is 1.82. The number of rotatable bonds is 9. The van der Waals surface area contributed by atoms with Crippen LogP contribution in [0.1, 0.15) is 71.8 Å². The molecule has 1 aromatic heterocycles. The van der Waals surface area contributed by atoms with Crippen LogP contribution in [-0.4, -0.2) is 42.4 Å². The Kier molecular flexibility index (Phi) is 9.67. The Morgan fingerprint density at radius 1 is 1.19 bits per heavy atom. The Morgan fingerprint density at radius 2 is 1.85 bits per heavy atom. The molecule has 0 aliphatic carbocycles. The lowest BCUT2D eigenvalue weighted by atomic mass is 9.99. The number of ether oxygens (including phenoxy) is 1. The number of carbonyl (C=O) groups is 1. The molecule has 0 aliphatic heterocycles. The minimum absolute atomic E-state index is 0.405. The smallest absolute Gasteiger partial charge is 0.407 e. The van der Waals surface area contributed by atoms with E-state index in [1.54, 1.807) is 0 Å². The van der Waals surface area contributed by atoms with Crippen molar-refractivity contribution in [1.29, 1.82) is 0 Å². The zero-order valence-corrected chi connectivity index (χ0v) is 17.5. The minimum Gasteiger partial charge on any atom is -0.444 e. The van der Waals surface area contributed by atoms with Crippen molar-refractivity contribution in [1.82, 2.24) is 21.1 Å². The van der Waals surface area contributed by atoms with Crippen molar-refractivity contribution >= 4 is 12.1 Å². The molecule has 1 aromatic rings. The molecule has 1 rings (SSSR count). The van der Waals surface area contributed by atoms with Gasteiger partial charge in [0.2, 0.25) is 0 Å². The van der Waals surface area contributed by atoms with E-state index < -0.39 is 11.7 Å². The third kappa shape index (κ3) is 9.30. The number of alkyl carbamates (subject to hydrolysis) is 1. The van der Waals surface area contributed by atoms with Gasteiger partial charge in [0.05, 0.1) is 5.69 Å². The van der Waals surface area contributed by atoms with E-state index in [1.807, 2.05) is 33.8 Å². The van der Waals surface area contributed by atoms with Crippen molar-refractivity contribution < 1.29 is 14.1 Å². The molecule has 0 aliphatic rings. The van der Waals surface area contributed by atoms with E-state index in [1.165, 1.54) is 0 Å². The summed E-state index contributed by atoms with van der Waals surface area (Å²) in [5.41, 5.74) is 0.489. The van der Waals surface area contributed by atoms with Crippen LogP contribution in [0.4, 0.5) is 4.79 Å². The molecule has 0 saturated heterocycles.